The minimum atomic E-state index is -3.97. The maximum Gasteiger partial charge on any atom is 0.265 e. The average molecular weight is 440 g/mol. The van der Waals surface area contributed by atoms with Crippen molar-refractivity contribution in [2.24, 2.45) is 0 Å². The molecule has 0 saturated carbocycles. The average Bonchev–Trinajstić information content (AvgIpc) is 2.77. The molecule has 160 valence electrons. The third-order valence-electron chi connectivity index (χ3n) is 4.98. The van der Waals surface area contributed by atoms with Gasteiger partial charge in [-0.2, -0.15) is 0 Å². The zero-order valence-electron chi connectivity index (χ0n) is 16.8. The van der Waals surface area contributed by atoms with Crippen LogP contribution in [0.2, 0.25) is 0 Å². The molecule has 0 atom stereocenters. The van der Waals surface area contributed by atoms with E-state index >= 15 is 0 Å². The van der Waals surface area contributed by atoms with Crippen LogP contribution in [0.1, 0.15) is 12.5 Å². The molecule has 0 spiro atoms. The minimum Gasteiger partial charge on any atom is -0.494 e. The maximum atomic E-state index is 13.9. The van der Waals surface area contributed by atoms with Gasteiger partial charge >= 0.3 is 0 Å². The molecule has 1 heterocycles. The first kappa shape index (κ1) is 20.9. The van der Waals surface area contributed by atoms with Gasteiger partial charge in [0.05, 0.1) is 17.2 Å². The summed E-state index contributed by atoms with van der Waals surface area (Å²) in [7, 11) is -3.97. The smallest absolute Gasteiger partial charge is 0.265 e. The fourth-order valence-corrected chi connectivity index (χ4v) is 5.18. The summed E-state index contributed by atoms with van der Waals surface area (Å²) in [5.41, 5.74) is 1.98. The first-order valence-electron chi connectivity index (χ1n) is 9.80. The summed E-state index contributed by atoms with van der Waals surface area (Å²) in [6.07, 6.45) is 0. The van der Waals surface area contributed by atoms with Gasteiger partial charge in [-0.3, -0.25) is 9.10 Å². The van der Waals surface area contributed by atoms with E-state index in [-0.39, 0.29) is 17.1 Å². The Bertz CT molecular complexity index is 1230. The molecule has 4 rings (SSSR count). The number of benzene rings is 3. The Morgan fingerprint density at radius 3 is 2.52 bits per heavy atom. The molecule has 0 unspecified atom stereocenters. The van der Waals surface area contributed by atoms with E-state index in [1.54, 1.807) is 18.2 Å². The highest BCUT2D eigenvalue weighted by atomic mass is 32.2. The second-order valence-electron chi connectivity index (χ2n) is 7.02. The van der Waals surface area contributed by atoms with Crippen LogP contribution in [0.15, 0.2) is 71.6 Å². The third-order valence-corrected chi connectivity index (χ3v) is 6.80. The molecule has 0 aromatic heterocycles. The summed E-state index contributed by atoms with van der Waals surface area (Å²) >= 11 is 0. The Labute approximate surface area is 180 Å². The van der Waals surface area contributed by atoms with E-state index in [4.69, 9.17) is 4.74 Å². The molecule has 1 amide bonds. The van der Waals surface area contributed by atoms with E-state index in [9.17, 15) is 17.6 Å². The molecule has 3 aromatic rings. The van der Waals surface area contributed by atoms with Gasteiger partial charge in [-0.15, -0.1) is 0 Å². The summed E-state index contributed by atoms with van der Waals surface area (Å²) in [6, 6.07) is 17.5. The summed E-state index contributed by atoms with van der Waals surface area (Å²) < 4.78 is 46.7. The Balaban J connectivity index is 1.56. The number of hydrogen-bond acceptors (Lipinski definition) is 4. The van der Waals surface area contributed by atoms with Crippen LogP contribution in [0, 0.1) is 5.82 Å². The van der Waals surface area contributed by atoms with Crippen LogP contribution in [0.3, 0.4) is 0 Å². The minimum absolute atomic E-state index is 0.0485. The number of hydrogen-bond donors (Lipinski definition) is 1. The van der Waals surface area contributed by atoms with Crippen molar-refractivity contribution in [3.8, 4) is 16.9 Å². The van der Waals surface area contributed by atoms with Crippen molar-refractivity contribution >= 4 is 21.6 Å². The Morgan fingerprint density at radius 2 is 1.77 bits per heavy atom. The monoisotopic (exact) mass is 440 g/mol. The quantitative estimate of drug-likeness (QED) is 0.634. The van der Waals surface area contributed by atoms with Crippen molar-refractivity contribution in [1.29, 1.82) is 0 Å². The van der Waals surface area contributed by atoms with E-state index in [0.29, 0.717) is 17.7 Å². The number of anilines is 1. The normalized spacial score (nSPS) is 13.8. The fourth-order valence-electron chi connectivity index (χ4n) is 3.53. The number of sulfonamides is 1. The highest BCUT2D eigenvalue weighted by Crippen LogP contribution is 2.42. The number of ether oxygens (including phenoxy) is 1. The van der Waals surface area contributed by atoms with Gasteiger partial charge in [0.1, 0.15) is 18.1 Å². The molecule has 1 N–H and O–H groups in total. The standard InChI is InChI=1S/C23H21FN2O4S/c1-2-30-18-10-7-16(8-11-18)14-25-23(27)15-26-21-12-9-17(24)13-20(21)19-5-3-4-6-22(19)31(26,28)29/h3-13H,2,14-15H2,1H3,(H,25,27). The number of amides is 1. The number of nitrogens with one attached hydrogen (secondary N) is 1. The first-order chi connectivity index (χ1) is 14.9. The van der Waals surface area contributed by atoms with Crippen molar-refractivity contribution in [1.82, 2.24) is 5.32 Å². The predicted molar refractivity (Wildman–Crippen MR) is 116 cm³/mol. The van der Waals surface area contributed by atoms with Crippen LogP contribution in [-0.2, 0) is 21.4 Å². The number of carbonyl (C=O) groups is 1. The molecule has 31 heavy (non-hydrogen) atoms. The van der Waals surface area contributed by atoms with Crippen LogP contribution in [0.25, 0.3) is 11.1 Å². The summed E-state index contributed by atoms with van der Waals surface area (Å²) in [5.74, 6) is -0.209. The van der Waals surface area contributed by atoms with Gasteiger partial charge in [-0.05, 0) is 48.9 Å². The van der Waals surface area contributed by atoms with Gasteiger partial charge < -0.3 is 10.1 Å². The molecule has 1 aliphatic rings. The summed E-state index contributed by atoms with van der Waals surface area (Å²) in [5, 5.41) is 2.74. The van der Waals surface area contributed by atoms with Crippen molar-refractivity contribution in [2.75, 3.05) is 17.5 Å². The second kappa shape index (κ2) is 8.39. The summed E-state index contributed by atoms with van der Waals surface area (Å²) in [6.45, 7) is 2.29. The van der Waals surface area contributed by atoms with Crippen LogP contribution in [0.4, 0.5) is 10.1 Å². The van der Waals surface area contributed by atoms with Crippen LogP contribution in [0.5, 0.6) is 5.75 Å². The topological polar surface area (TPSA) is 75.7 Å². The van der Waals surface area contributed by atoms with Crippen LogP contribution >= 0.6 is 0 Å². The molecule has 0 radical (unpaired) electrons. The lowest BCUT2D eigenvalue weighted by Gasteiger charge is -2.31. The van der Waals surface area contributed by atoms with E-state index in [2.05, 4.69) is 5.32 Å². The Hall–Kier alpha value is -3.39. The van der Waals surface area contributed by atoms with Gasteiger partial charge in [0.2, 0.25) is 5.91 Å². The molecule has 0 aliphatic carbocycles. The summed E-state index contributed by atoms with van der Waals surface area (Å²) in [4.78, 5) is 12.7. The molecule has 0 saturated heterocycles. The number of fused-ring (bicyclic) bond motifs is 3. The predicted octanol–water partition coefficient (Wildman–Crippen LogP) is 3.72. The van der Waals surface area contributed by atoms with E-state index in [1.165, 1.54) is 24.3 Å². The van der Waals surface area contributed by atoms with Crippen LogP contribution in [-0.4, -0.2) is 27.5 Å². The maximum absolute atomic E-state index is 13.9. The fraction of sp³-hybridized carbons (Fsp3) is 0.174. The van der Waals surface area contributed by atoms with Gasteiger partial charge in [-0.1, -0.05) is 30.3 Å². The zero-order chi connectivity index (χ0) is 22.0. The van der Waals surface area contributed by atoms with Gasteiger partial charge in [0.25, 0.3) is 10.0 Å². The SMILES string of the molecule is CCOc1ccc(CNC(=O)CN2c3ccc(F)cc3-c3ccccc3S2(=O)=O)cc1. The molecule has 8 heteroatoms. The van der Waals surface area contributed by atoms with E-state index < -0.39 is 28.3 Å². The van der Waals surface area contributed by atoms with Crippen molar-refractivity contribution in [2.45, 2.75) is 18.4 Å². The van der Waals surface area contributed by atoms with Crippen molar-refractivity contribution in [3.63, 3.8) is 0 Å². The highest BCUT2D eigenvalue weighted by Gasteiger charge is 2.36. The highest BCUT2D eigenvalue weighted by molar-refractivity contribution is 7.93. The van der Waals surface area contributed by atoms with E-state index in [0.717, 1.165) is 15.6 Å². The molecule has 0 fully saturated rings. The lowest BCUT2D eigenvalue weighted by atomic mass is 10.0. The van der Waals surface area contributed by atoms with E-state index in [1.807, 2.05) is 31.2 Å². The van der Waals surface area contributed by atoms with Crippen molar-refractivity contribution < 1.29 is 22.3 Å². The van der Waals surface area contributed by atoms with Gasteiger partial charge in [0, 0.05) is 17.7 Å². The third kappa shape index (κ3) is 4.11. The number of carbonyl (C=O) groups excluding carboxylic acids is 1. The largest absolute Gasteiger partial charge is 0.494 e. The van der Waals surface area contributed by atoms with Gasteiger partial charge in [-0.25, -0.2) is 12.8 Å². The number of rotatable bonds is 6. The molecule has 6 nitrogen and oxygen atoms in total. The Kier molecular flexibility index (Phi) is 5.65. The van der Waals surface area contributed by atoms with Crippen molar-refractivity contribution in [3.05, 3.63) is 78.1 Å². The molecule has 3 aromatic carbocycles. The zero-order valence-corrected chi connectivity index (χ0v) is 17.7. The van der Waals surface area contributed by atoms with Gasteiger partial charge in [0.15, 0.2) is 0 Å². The first-order valence-corrected chi connectivity index (χ1v) is 11.2. The lowest BCUT2D eigenvalue weighted by Crippen LogP contribution is -2.42. The van der Waals surface area contributed by atoms with Crippen LogP contribution < -0.4 is 14.4 Å². The molecule has 1 aliphatic heterocycles. The molecular weight excluding hydrogens is 419 g/mol. The second-order valence-corrected chi connectivity index (χ2v) is 8.85. The number of halogens is 1. The Morgan fingerprint density at radius 1 is 1.03 bits per heavy atom. The lowest BCUT2D eigenvalue weighted by molar-refractivity contribution is -0.119. The molecular formula is C23H21FN2O4S. The molecule has 0 bridgehead atoms. The number of nitrogens with zero attached hydrogens (tertiary/aromatic N) is 1.